The van der Waals surface area contributed by atoms with Gasteiger partial charge in [0, 0.05) is 40.8 Å². The smallest absolute Gasteiger partial charge is 0.137 e. The van der Waals surface area contributed by atoms with Crippen molar-refractivity contribution in [2.24, 2.45) is 0 Å². The summed E-state index contributed by atoms with van der Waals surface area (Å²) in [6, 6.07) is 19.7. The Kier molecular flexibility index (Phi) is 4.54. The van der Waals surface area contributed by atoms with Crippen molar-refractivity contribution in [3.63, 3.8) is 0 Å². The van der Waals surface area contributed by atoms with Gasteiger partial charge in [-0.15, -0.1) is 0 Å². The monoisotopic (exact) mass is 399 g/mol. The molecule has 5 heteroatoms. The van der Waals surface area contributed by atoms with Crippen molar-refractivity contribution in [1.29, 1.82) is 5.26 Å². The lowest BCUT2D eigenvalue weighted by molar-refractivity contribution is 0.0675. The number of nitriles is 1. The molecule has 5 rings (SSSR count). The Bertz CT molecular complexity index is 1250. The highest BCUT2D eigenvalue weighted by Crippen LogP contribution is 2.38. The maximum atomic E-state index is 9.88. The van der Waals surface area contributed by atoms with E-state index in [2.05, 4.69) is 70.9 Å². The Morgan fingerprint density at radius 1 is 1.10 bits per heavy atom. The lowest BCUT2D eigenvalue weighted by Crippen LogP contribution is -2.32. The molecule has 1 saturated heterocycles. The van der Waals surface area contributed by atoms with Crippen LogP contribution in [0.15, 0.2) is 70.7 Å². The molecule has 0 unspecified atom stereocenters. The van der Waals surface area contributed by atoms with Crippen molar-refractivity contribution >= 4 is 28.3 Å². The topological polar surface area (TPSA) is 50.3 Å². The normalized spacial score (nSPS) is 16.1. The van der Waals surface area contributed by atoms with Crippen LogP contribution in [0.5, 0.6) is 0 Å². The molecular formula is C24H21N3OS. The molecule has 0 bridgehead atoms. The molecule has 2 aromatic carbocycles. The second kappa shape index (κ2) is 7.22. The number of pyridine rings is 1. The zero-order valence-electron chi connectivity index (χ0n) is 16.3. The van der Waals surface area contributed by atoms with E-state index in [0.717, 1.165) is 34.5 Å². The number of ether oxygens (including phenoxy) is 1. The minimum absolute atomic E-state index is 0.432. The number of hydrogen-bond donors (Lipinski definition) is 0. The lowest BCUT2D eigenvalue weighted by Gasteiger charge is -2.31. The van der Waals surface area contributed by atoms with Gasteiger partial charge in [0.2, 0.25) is 0 Å². The molecule has 4 nitrogen and oxygen atoms in total. The molecule has 29 heavy (non-hydrogen) atoms. The number of aromatic nitrogens is 2. The summed E-state index contributed by atoms with van der Waals surface area (Å²) in [6.07, 6.45) is 5.36. The van der Waals surface area contributed by atoms with Crippen molar-refractivity contribution in [2.45, 2.75) is 35.0 Å². The Hall–Kier alpha value is -2.81. The van der Waals surface area contributed by atoms with Crippen LogP contribution in [0.3, 0.4) is 0 Å². The third kappa shape index (κ3) is 3.19. The number of hydrogen-bond acceptors (Lipinski definition) is 4. The van der Waals surface area contributed by atoms with Crippen LogP contribution < -0.4 is 0 Å². The molecule has 2 aromatic heterocycles. The third-order valence-corrected chi connectivity index (χ3v) is 6.83. The Morgan fingerprint density at radius 2 is 1.93 bits per heavy atom. The number of imidazole rings is 1. The first-order valence-corrected chi connectivity index (χ1v) is 10.6. The van der Waals surface area contributed by atoms with Crippen LogP contribution in [0.1, 0.15) is 24.0 Å². The van der Waals surface area contributed by atoms with Gasteiger partial charge in [-0.1, -0.05) is 30.0 Å². The molecule has 0 N–H and O–H groups in total. The Balaban J connectivity index is 1.52. The van der Waals surface area contributed by atoms with Gasteiger partial charge in [-0.3, -0.25) is 4.40 Å². The minimum atomic E-state index is -0.432. The van der Waals surface area contributed by atoms with E-state index in [4.69, 9.17) is 4.74 Å². The van der Waals surface area contributed by atoms with Gasteiger partial charge in [0.25, 0.3) is 0 Å². The predicted octanol–water partition coefficient (Wildman–Crippen LogP) is 5.52. The van der Waals surface area contributed by atoms with Crippen LogP contribution in [0.4, 0.5) is 0 Å². The molecule has 4 aromatic rings. The fourth-order valence-corrected chi connectivity index (χ4v) is 5.09. The minimum Gasteiger partial charge on any atom is -0.381 e. The van der Waals surface area contributed by atoms with E-state index in [9.17, 15) is 5.26 Å². The van der Waals surface area contributed by atoms with Crippen molar-refractivity contribution in [3.8, 4) is 6.07 Å². The van der Waals surface area contributed by atoms with Gasteiger partial charge in [0.05, 0.1) is 17.0 Å². The van der Waals surface area contributed by atoms with E-state index in [1.807, 2.05) is 12.4 Å². The molecule has 144 valence electrons. The van der Waals surface area contributed by atoms with Gasteiger partial charge in [-0.25, -0.2) is 4.98 Å². The Morgan fingerprint density at radius 3 is 2.76 bits per heavy atom. The van der Waals surface area contributed by atoms with E-state index in [1.165, 1.54) is 15.8 Å². The van der Waals surface area contributed by atoms with Crippen LogP contribution in [0, 0.1) is 18.3 Å². The molecule has 0 saturated carbocycles. The molecule has 1 aliphatic rings. The SMILES string of the molecule is Cc1cc2nccn2c2cc(Sc3cccc(C4(C#N)CCOCC4)c3)ccc12. The second-order valence-corrected chi connectivity index (χ2v) is 8.74. The summed E-state index contributed by atoms with van der Waals surface area (Å²) < 4.78 is 7.62. The number of aryl methyl sites for hydroxylation is 1. The van der Waals surface area contributed by atoms with E-state index in [1.54, 1.807) is 11.8 Å². The van der Waals surface area contributed by atoms with Crippen LogP contribution in [-0.2, 0) is 10.2 Å². The van der Waals surface area contributed by atoms with E-state index < -0.39 is 5.41 Å². The van der Waals surface area contributed by atoms with E-state index in [-0.39, 0.29) is 0 Å². The van der Waals surface area contributed by atoms with Gasteiger partial charge < -0.3 is 4.74 Å². The van der Waals surface area contributed by atoms with Crippen LogP contribution >= 0.6 is 11.8 Å². The molecule has 1 aliphatic heterocycles. The average molecular weight is 400 g/mol. The molecule has 0 atom stereocenters. The molecule has 3 heterocycles. The van der Waals surface area contributed by atoms with Crippen molar-refractivity contribution in [3.05, 3.63) is 72.1 Å². The maximum Gasteiger partial charge on any atom is 0.137 e. The molecule has 0 radical (unpaired) electrons. The summed E-state index contributed by atoms with van der Waals surface area (Å²) in [5.74, 6) is 0. The van der Waals surface area contributed by atoms with Crippen molar-refractivity contribution < 1.29 is 4.74 Å². The number of fused-ring (bicyclic) bond motifs is 3. The van der Waals surface area contributed by atoms with Crippen LogP contribution in [0.2, 0.25) is 0 Å². The fourth-order valence-electron chi connectivity index (χ4n) is 4.18. The highest BCUT2D eigenvalue weighted by molar-refractivity contribution is 7.99. The van der Waals surface area contributed by atoms with Gasteiger partial charge in [-0.2, -0.15) is 5.26 Å². The number of benzene rings is 2. The van der Waals surface area contributed by atoms with Gasteiger partial charge >= 0.3 is 0 Å². The zero-order chi connectivity index (χ0) is 19.8. The third-order valence-electron chi connectivity index (χ3n) is 5.85. The highest BCUT2D eigenvalue weighted by atomic mass is 32.2. The number of nitrogens with zero attached hydrogens (tertiary/aromatic N) is 3. The second-order valence-electron chi connectivity index (χ2n) is 7.60. The van der Waals surface area contributed by atoms with Crippen LogP contribution in [0.25, 0.3) is 16.6 Å². The summed E-state index contributed by atoms with van der Waals surface area (Å²) in [6.45, 7) is 3.42. The summed E-state index contributed by atoms with van der Waals surface area (Å²) in [4.78, 5) is 6.76. The number of rotatable bonds is 3. The zero-order valence-corrected chi connectivity index (χ0v) is 17.1. The van der Waals surface area contributed by atoms with E-state index >= 15 is 0 Å². The van der Waals surface area contributed by atoms with E-state index in [0.29, 0.717) is 13.2 Å². The molecular weight excluding hydrogens is 378 g/mol. The first kappa shape index (κ1) is 18.2. The quantitative estimate of drug-likeness (QED) is 0.455. The highest BCUT2D eigenvalue weighted by Gasteiger charge is 2.34. The van der Waals surface area contributed by atoms with Gasteiger partial charge in [0.15, 0.2) is 0 Å². The predicted molar refractivity (Wildman–Crippen MR) is 115 cm³/mol. The van der Waals surface area contributed by atoms with Crippen molar-refractivity contribution in [1.82, 2.24) is 9.38 Å². The lowest BCUT2D eigenvalue weighted by atomic mass is 9.75. The van der Waals surface area contributed by atoms with Gasteiger partial charge in [-0.05, 0) is 61.2 Å². The standard InChI is InChI=1S/C24H21N3OS/c1-17-13-23-26-9-10-27(23)22-15-20(5-6-21(17)22)29-19-4-2-3-18(14-19)24(16-25)7-11-28-12-8-24/h2-6,9-10,13-15H,7-8,11-12H2,1H3. The average Bonchev–Trinajstić information content (AvgIpc) is 3.23. The first-order valence-electron chi connectivity index (χ1n) is 9.82. The summed E-state index contributed by atoms with van der Waals surface area (Å²) in [5, 5.41) is 11.1. The molecule has 0 spiro atoms. The largest absolute Gasteiger partial charge is 0.381 e. The molecule has 0 aliphatic carbocycles. The first-order chi connectivity index (χ1) is 14.2. The van der Waals surface area contributed by atoms with Crippen LogP contribution in [-0.4, -0.2) is 22.6 Å². The van der Waals surface area contributed by atoms with Gasteiger partial charge in [0.1, 0.15) is 5.65 Å². The maximum absolute atomic E-state index is 9.88. The summed E-state index contributed by atoms with van der Waals surface area (Å²) in [7, 11) is 0. The summed E-state index contributed by atoms with van der Waals surface area (Å²) in [5.41, 5.74) is 4.03. The molecule has 0 amide bonds. The van der Waals surface area contributed by atoms with Crippen molar-refractivity contribution in [2.75, 3.05) is 13.2 Å². The Labute approximate surface area is 174 Å². The fraction of sp³-hybridized carbons (Fsp3) is 0.250. The summed E-state index contributed by atoms with van der Waals surface area (Å²) >= 11 is 1.73. The molecule has 1 fully saturated rings.